The fourth-order valence-corrected chi connectivity index (χ4v) is 2.29. The molecule has 0 radical (unpaired) electrons. The number of imidazole rings is 1. The number of aryl methyl sites for hydroxylation is 2. The molecule has 0 bridgehead atoms. The van der Waals surface area contributed by atoms with Gasteiger partial charge in [-0.3, -0.25) is 18.3 Å². The summed E-state index contributed by atoms with van der Waals surface area (Å²) < 4.78 is 9.33. The maximum atomic E-state index is 12.5. The van der Waals surface area contributed by atoms with Crippen LogP contribution in [0.2, 0.25) is 0 Å². The molecule has 3 heterocycles. The molecule has 3 rings (SSSR count). The first kappa shape index (κ1) is 12.7. The van der Waals surface area contributed by atoms with Crippen LogP contribution in [-0.2, 0) is 13.6 Å². The number of aromatic nitrogens is 4. The van der Waals surface area contributed by atoms with Gasteiger partial charge >= 0.3 is 11.5 Å². The highest BCUT2D eigenvalue weighted by Crippen LogP contribution is 2.14. The summed E-state index contributed by atoms with van der Waals surface area (Å²) in [4.78, 5) is 28.8. The molecular weight excluding hydrogens is 264 g/mol. The van der Waals surface area contributed by atoms with Gasteiger partial charge in [0.05, 0.1) is 6.20 Å². The molecule has 0 aliphatic carbocycles. The molecule has 0 aliphatic heterocycles. The van der Waals surface area contributed by atoms with Crippen LogP contribution < -0.4 is 11.2 Å². The van der Waals surface area contributed by atoms with E-state index in [1.165, 1.54) is 4.57 Å². The monoisotopic (exact) mass is 278 g/mol. The van der Waals surface area contributed by atoms with Gasteiger partial charge in [-0.05, 0) is 13.3 Å². The third-order valence-electron chi connectivity index (χ3n) is 3.25. The second kappa shape index (κ2) is 4.34. The molecule has 1 N–H and O–H groups in total. The Balaban J connectivity index is 2.44. The zero-order valence-corrected chi connectivity index (χ0v) is 11.2. The summed E-state index contributed by atoms with van der Waals surface area (Å²) in [6.45, 7) is 1.84. The van der Waals surface area contributed by atoms with Crippen LogP contribution in [0.4, 0.5) is 0 Å². The predicted octanol–water partition coefficient (Wildman–Crippen LogP) is -0.368. The van der Waals surface area contributed by atoms with Crippen LogP contribution in [-0.4, -0.2) is 30.2 Å². The highest BCUT2D eigenvalue weighted by atomic mass is 16.4. The Morgan fingerprint density at radius 2 is 2.15 bits per heavy atom. The van der Waals surface area contributed by atoms with Crippen LogP contribution in [0.5, 0.6) is 0 Å². The molecule has 0 amide bonds. The van der Waals surface area contributed by atoms with Crippen molar-refractivity contribution in [3.63, 3.8) is 0 Å². The Labute approximate surface area is 112 Å². The minimum atomic E-state index is -0.451. The van der Waals surface area contributed by atoms with E-state index >= 15 is 0 Å². The summed E-state index contributed by atoms with van der Waals surface area (Å²) in [5.74, 6) is 0.911. The first-order valence-electron chi connectivity index (χ1n) is 6.23. The molecule has 0 unspecified atom stereocenters. The van der Waals surface area contributed by atoms with E-state index in [2.05, 4.69) is 4.98 Å². The highest BCUT2D eigenvalue weighted by molar-refractivity contribution is 5.74. The number of rotatable bonds is 3. The quantitative estimate of drug-likeness (QED) is 0.705. The smallest absolute Gasteiger partial charge is 0.332 e. The highest BCUT2D eigenvalue weighted by Gasteiger charge is 2.18. The largest absolute Gasteiger partial charge is 0.428 e. The van der Waals surface area contributed by atoms with Gasteiger partial charge < -0.3 is 9.52 Å². The molecule has 0 atom stereocenters. The SMILES string of the molecule is Cc1cn2c(nc3c2c(=O)n(CCCO)c(=O)n3C)o1. The van der Waals surface area contributed by atoms with Crippen molar-refractivity contribution in [2.24, 2.45) is 7.05 Å². The molecule has 0 saturated heterocycles. The van der Waals surface area contributed by atoms with Crippen LogP contribution in [0.15, 0.2) is 20.2 Å². The normalized spacial score (nSPS) is 11.8. The van der Waals surface area contributed by atoms with E-state index in [1.54, 1.807) is 24.6 Å². The van der Waals surface area contributed by atoms with Crippen molar-refractivity contribution in [1.29, 1.82) is 0 Å². The summed E-state index contributed by atoms with van der Waals surface area (Å²) in [5, 5.41) is 8.87. The van der Waals surface area contributed by atoms with E-state index in [0.717, 1.165) is 4.57 Å². The summed E-state index contributed by atoms with van der Waals surface area (Å²) in [7, 11) is 1.55. The molecular formula is C12H14N4O4. The number of hydrogen-bond donors (Lipinski definition) is 1. The van der Waals surface area contributed by atoms with Gasteiger partial charge in [0.25, 0.3) is 5.56 Å². The van der Waals surface area contributed by atoms with Crippen LogP contribution in [0.25, 0.3) is 17.0 Å². The lowest BCUT2D eigenvalue weighted by molar-refractivity contribution is 0.277. The molecule has 106 valence electrons. The molecule has 8 nitrogen and oxygen atoms in total. The van der Waals surface area contributed by atoms with Crippen molar-refractivity contribution in [3.05, 3.63) is 32.8 Å². The molecule has 3 aromatic heterocycles. The molecule has 20 heavy (non-hydrogen) atoms. The fraction of sp³-hybridized carbons (Fsp3) is 0.417. The van der Waals surface area contributed by atoms with Crippen LogP contribution in [0, 0.1) is 6.92 Å². The van der Waals surface area contributed by atoms with Gasteiger partial charge in [-0.2, -0.15) is 4.98 Å². The van der Waals surface area contributed by atoms with E-state index in [0.29, 0.717) is 23.3 Å². The van der Waals surface area contributed by atoms with E-state index in [4.69, 9.17) is 9.52 Å². The van der Waals surface area contributed by atoms with Crippen molar-refractivity contribution >= 4 is 17.0 Å². The van der Waals surface area contributed by atoms with E-state index in [-0.39, 0.29) is 19.0 Å². The number of aliphatic hydroxyl groups excluding tert-OH is 1. The number of fused-ring (bicyclic) bond motifs is 3. The van der Waals surface area contributed by atoms with Crippen LogP contribution >= 0.6 is 0 Å². The van der Waals surface area contributed by atoms with Gasteiger partial charge in [-0.1, -0.05) is 0 Å². The van der Waals surface area contributed by atoms with Gasteiger partial charge in [0.2, 0.25) is 0 Å². The van der Waals surface area contributed by atoms with Crippen molar-refractivity contribution in [1.82, 2.24) is 18.5 Å². The summed E-state index contributed by atoms with van der Waals surface area (Å²) in [6.07, 6.45) is 2.00. The van der Waals surface area contributed by atoms with Gasteiger partial charge in [0.1, 0.15) is 5.76 Å². The van der Waals surface area contributed by atoms with Crippen molar-refractivity contribution in [2.45, 2.75) is 19.9 Å². The first-order valence-corrected chi connectivity index (χ1v) is 6.23. The molecule has 0 aromatic carbocycles. The number of aliphatic hydroxyl groups is 1. The maximum absolute atomic E-state index is 12.5. The topological polar surface area (TPSA) is 94.7 Å². The van der Waals surface area contributed by atoms with Gasteiger partial charge in [0.15, 0.2) is 11.2 Å². The molecule has 8 heteroatoms. The van der Waals surface area contributed by atoms with Crippen LogP contribution in [0.3, 0.4) is 0 Å². The lowest BCUT2D eigenvalue weighted by Crippen LogP contribution is -2.39. The number of hydrogen-bond acceptors (Lipinski definition) is 5. The van der Waals surface area contributed by atoms with E-state index < -0.39 is 11.2 Å². The minimum Gasteiger partial charge on any atom is -0.428 e. The second-order valence-electron chi connectivity index (χ2n) is 4.65. The average Bonchev–Trinajstić information content (AvgIpc) is 2.92. The maximum Gasteiger partial charge on any atom is 0.332 e. The third kappa shape index (κ3) is 1.61. The molecule has 0 spiro atoms. The van der Waals surface area contributed by atoms with Gasteiger partial charge in [-0.15, -0.1) is 0 Å². The second-order valence-corrected chi connectivity index (χ2v) is 4.65. The van der Waals surface area contributed by atoms with Crippen molar-refractivity contribution in [3.8, 4) is 0 Å². The van der Waals surface area contributed by atoms with Crippen molar-refractivity contribution in [2.75, 3.05) is 6.61 Å². The molecule has 0 saturated carbocycles. The Hall–Kier alpha value is -2.35. The Morgan fingerprint density at radius 1 is 1.40 bits per heavy atom. The molecule has 0 aliphatic rings. The Kier molecular flexibility index (Phi) is 2.75. The average molecular weight is 278 g/mol. The molecule has 3 aromatic rings. The Bertz CT molecular complexity index is 911. The predicted molar refractivity (Wildman–Crippen MR) is 70.9 cm³/mol. The number of nitrogens with zero attached hydrogens (tertiary/aromatic N) is 4. The lowest BCUT2D eigenvalue weighted by atomic mass is 10.4. The van der Waals surface area contributed by atoms with E-state index in [1.807, 2.05) is 0 Å². The number of oxazole rings is 1. The zero-order valence-electron chi connectivity index (χ0n) is 11.2. The summed E-state index contributed by atoms with van der Waals surface area (Å²) >= 11 is 0. The Morgan fingerprint density at radius 3 is 2.85 bits per heavy atom. The third-order valence-corrected chi connectivity index (χ3v) is 3.25. The van der Waals surface area contributed by atoms with Crippen LogP contribution in [0.1, 0.15) is 12.2 Å². The van der Waals surface area contributed by atoms with Gasteiger partial charge in [0, 0.05) is 20.2 Å². The van der Waals surface area contributed by atoms with Gasteiger partial charge in [-0.25, -0.2) is 4.79 Å². The minimum absolute atomic E-state index is 0.0831. The molecule has 0 fully saturated rings. The van der Waals surface area contributed by atoms with E-state index in [9.17, 15) is 9.59 Å². The lowest BCUT2D eigenvalue weighted by Gasteiger charge is -2.06. The fourth-order valence-electron chi connectivity index (χ4n) is 2.29. The standard InChI is InChI=1S/C12H14N4O4/c1-7-6-16-8-9(13-11(16)20-7)14(2)12(19)15(10(8)18)4-3-5-17/h6,17H,3-5H2,1-2H3. The zero-order chi connectivity index (χ0) is 14.4. The summed E-state index contributed by atoms with van der Waals surface area (Å²) in [6, 6.07) is 0. The first-order chi connectivity index (χ1) is 9.54. The van der Waals surface area contributed by atoms with Crippen molar-refractivity contribution < 1.29 is 9.52 Å². The summed E-state index contributed by atoms with van der Waals surface area (Å²) in [5.41, 5.74) is -0.283.